The number of rotatable bonds is 5. The topological polar surface area (TPSA) is 96.2 Å². The van der Waals surface area contributed by atoms with Gasteiger partial charge in [-0.1, -0.05) is 12.1 Å². The van der Waals surface area contributed by atoms with Gasteiger partial charge in [0.15, 0.2) is 17.6 Å². The third-order valence-corrected chi connectivity index (χ3v) is 2.30. The second kappa shape index (κ2) is 5.51. The molecular formula is C11H14O6. The quantitative estimate of drug-likeness (QED) is 0.681. The van der Waals surface area contributed by atoms with Crippen LogP contribution in [-0.2, 0) is 4.79 Å². The normalized spacial score (nSPS) is 13.9. The molecule has 94 valence electrons. The molecule has 0 heterocycles. The highest BCUT2D eigenvalue weighted by Crippen LogP contribution is 2.35. The SMILES string of the molecule is COc1cccc(C(O)C(O)C(=O)O)c1OC. The molecule has 1 rings (SSSR count). The fourth-order valence-corrected chi connectivity index (χ4v) is 1.45. The molecule has 0 spiro atoms. The minimum Gasteiger partial charge on any atom is -0.493 e. The van der Waals surface area contributed by atoms with Crippen LogP contribution in [0.3, 0.4) is 0 Å². The third kappa shape index (κ3) is 2.66. The first-order valence-corrected chi connectivity index (χ1v) is 4.82. The second-order valence-corrected chi connectivity index (χ2v) is 3.31. The van der Waals surface area contributed by atoms with E-state index >= 15 is 0 Å². The Morgan fingerprint density at radius 1 is 1.24 bits per heavy atom. The maximum Gasteiger partial charge on any atom is 0.335 e. The summed E-state index contributed by atoms with van der Waals surface area (Å²) in [5, 5.41) is 27.6. The van der Waals surface area contributed by atoms with E-state index in [1.807, 2.05) is 0 Å². The molecule has 0 amide bonds. The highest BCUT2D eigenvalue weighted by Gasteiger charge is 2.28. The van der Waals surface area contributed by atoms with E-state index in [-0.39, 0.29) is 11.3 Å². The highest BCUT2D eigenvalue weighted by atomic mass is 16.5. The van der Waals surface area contributed by atoms with Crippen molar-refractivity contribution in [3.05, 3.63) is 23.8 Å². The van der Waals surface area contributed by atoms with E-state index in [1.54, 1.807) is 12.1 Å². The summed E-state index contributed by atoms with van der Waals surface area (Å²) in [5.41, 5.74) is 0.154. The number of carbonyl (C=O) groups is 1. The van der Waals surface area contributed by atoms with Gasteiger partial charge in [-0.3, -0.25) is 0 Å². The van der Waals surface area contributed by atoms with Gasteiger partial charge in [-0.2, -0.15) is 0 Å². The summed E-state index contributed by atoms with van der Waals surface area (Å²) in [6.07, 6.45) is -3.51. The largest absolute Gasteiger partial charge is 0.493 e. The maximum atomic E-state index is 10.6. The van der Waals surface area contributed by atoms with Crippen LogP contribution >= 0.6 is 0 Å². The van der Waals surface area contributed by atoms with Crippen molar-refractivity contribution in [1.82, 2.24) is 0 Å². The average molecular weight is 242 g/mol. The van der Waals surface area contributed by atoms with Gasteiger partial charge >= 0.3 is 5.97 Å². The number of methoxy groups -OCH3 is 2. The lowest BCUT2D eigenvalue weighted by Gasteiger charge is -2.18. The number of aliphatic hydroxyl groups is 2. The minimum atomic E-state index is -1.92. The molecule has 0 bridgehead atoms. The molecule has 3 N–H and O–H groups in total. The lowest BCUT2D eigenvalue weighted by atomic mass is 10.0. The average Bonchev–Trinajstić information content (AvgIpc) is 2.35. The van der Waals surface area contributed by atoms with Gasteiger partial charge in [0.2, 0.25) is 0 Å². The number of carboxylic acids is 1. The van der Waals surface area contributed by atoms with Crippen LogP contribution in [0, 0.1) is 0 Å². The van der Waals surface area contributed by atoms with Crippen LogP contribution in [0.1, 0.15) is 11.7 Å². The molecule has 2 unspecified atom stereocenters. The summed E-state index contributed by atoms with van der Waals surface area (Å²) >= 11 is 0. The molecule has 1 aromatic rings. The Labute approximate surface area is 98.0 Å². The van der Waals surface area contributed by atoms with E-state index in [0.29, 0.717) is 5.75 Å². The number of aliphatic hydroxyl groups excluding tert-OH is 2. The molecule has 0 saturated carbocycles. The lowest BCUT2D eigenvalue weighted by Crippen LogP contribution is -2.27. The highest BCUT2D eigenvalue weighted by molar-refractivity contribution is 5.73. The lowest BCUT2D eigenvalue weighted by molar-refractivity contribution is -0.153. The van der Waals surface area contributed by atoms with Crippen molar-refractivity contribution >= 4 is 5.97 Å². The molecule has 17 heavy (non-hydrogen) atoms. The number of aliphatic carboxylic acids is 1. The minimum absolute atomic E-state index is 0.154. The van der Waals surface area contributed by atoms with Crippen LogP contribution in [0.25, 0.3) is 0 Å². The van der Waals surface area contributed by atoms with E-state index in [4.69, 9.17) is 14.6 Å². The van der Waals surface area contributed by atoms with Gasteiger partial charge in [0, 0.05) is 5.56 Å². The molecule has 6 heteroatoms. The van der Waals surface area contributed by atoms with Gasteiger partial charge in [-0.25, -0.2) is 4.79 Å². The molecule has 0 aliphatic heterocycles. The van der Waals surface area contributed by atoms with Crippen molar-refractivity contribution in [2.75, 3.05) is 14.2 Å². The third-order valence-electron chi connectivity index (χ3n) is 2.30. The van der Waals surface area contributed by atoms with Crippen molar-refractivity contribution < 1.29 is 29.6 Å². The summed E-state index contributed by atoms with van der Waals surface area (Å²) < 4.78 is 10.0. The second-order valence-electron chi connectivity index (χ2n) is 3.31. The molecule has 0 radical (unpaired) electrons. The Kier molecular flexibility index (Phi) is 4.30. The van der Waals surface area contributed by atoms with Gasteiger partial charge in [0.1, 0.15) is 6.10 Å². The Bertz CT molecular complexity index is 403. The first-order chi connectivity index (χ1) is 8.02. The molecule has 1 aromatic carbocycles. The molecule has 0 aliphatic rings. The maximum absolute atomic E-state index is 10.6. The number of para-hydroxylation sites is 1. The Morgan fingerprint density at radius 2 is 1.88 bits per heavy atom. The van der Waals surface area contributed by atoms with Crippen LogP contribution in [0.4, 0.5) is 0 Å². The van der Waals surface area contributed by atoms with E-state index in [0.717, 1.165) is 0 Å². The van der Waals surface area contributed by atoms with Crippen molar-refractivity contribution in [2.45, 2.75) is 12.2 Å². The summed E-state index contributed by atoms with van der Waals surface area (Å²) in [4.78, 5) is 10.6. The summed E-state index contributed by atoms with van der Waals surface area (Å²) in [6, 6.07) is 4.62. The predicted octanol–water partition coefficient (Wildman–Crippen LogP) is 0.183. The van der Waals surface area contributed by atoms with Crippen molar-refractivity contribution in [3.8, 4) is 11.5 Å². The smallest absolute Gasteiger partial charge is 0.335 e. The zero-order valence-electron chi connectivity index (χ0n) is 9.45. The molecule has 0 saturated heterocycles. The van der Waals surface area contributed by atoms with E-state index in [9.17, 15) is 15.0 Å². The molecular weight excluding hydrogens is 228 g/mol. The fourth-order valence-electron chi connectivity index (χ4n) is 1.45. The summed E-state index contributed by atoms with van der Waals surface area (Å²) in [7, 11) is 2.78. The van der Waals surface area contributed by atoms with Gasteiger partial charge in [0.25, 0.3) is 0 Å². The van der Waals surface area contributed by atoms with Crippen LogP contribution < -0.4 is 9.47 Å². The zero-order chi connectivity index (χ0) is 13.0. The standard InChI is InChI=1S/C11H14O6/c1-16-7-5-3-4-6(10(7)17-2)8(12)9(13)11(14)15/h3-5,8-9,12-13H,1-2H3,(H,14,15). The van der Waals surface area contributed by atoms with Gasteiger partial charge in [-0.05, 0) is 6.07 Å². The van der Waals surface area contributed by atoms with Crippen molar-refractivity contribution in [3.63, 3.8) is 0 Å². The Balaban J connectivity index is 3.17. The summed E-state index contributed by atoms with van der Waals surface area (Å²) in [5.74, 6) is -0.966. The number of hydrogen-bond acceptors (Lipinski definition) is 5. The molecule has 0 fully saturated rings. The Hall–Kier alpha value is -1.79. The predicted molar refractivity (Wildman–Crippen MR) is 58.1 cm³/mol. The fraction of sp³-hybridized carbons (Fsp3) is 0.364. The number of ether oxygens (including phenoxy) is 2. The first kappa shape index (κ1) is 13.3. The summed E-state index contributed by atoms with van der Waals surface area (Å²) in [6.45, 7) is 0. The van der Waals surface area contributed by atoms with Gasteiger partial charge in [0.05, 0.1) is 14.2 Å². The van der Waals surface area contributed by atoms with E-state index in [1.165, 1.54) is 20.3 Å². The Morgan fingerprint density at radius 3 is 2.35 bits per heavy atom. The van der Waals surface area contributed by atoms with Crippen LogP contribution in [0.5, 0.6) is 11.5 Å². The monoisotopic (exact) mass is 242 g/mol. The molecule has 2 atom stereocenters. The molecule has 6 nitrogen and oxygen atoms in total. The van der Waals surface area contributed by atoms with Crippen LogP contribution in [-0.4, -0.2) is 41.6 Å². The van der Waals surface area contributed by atoms with Crippen molar-refractivity contribution in [2.24, 2.45) is 0 Å². The number of hydrogen-bond donors (Lipinski definition) is 3. The first-order valence-electron chi connectivity index (χ1n) is 4.82. The van der Waals surface area contributed by atoms with Gasteiger partial charge in [-0.15, -0.1) is 0 Å². The van der Waals surface area contributed by atoms with Crippen molar-refractivity contribution in [1.29, 1.82) is 0 Å². The van der Waals surface area contributed by atoms with Crippen LogP contribution in [0.2, 0.25) is 0 Å². The van der Waals surface area contributed by atoms with E-state index in [2.05, 4.69) is 0 Å². The molecule has 0 aromatic heterocycles. The van der Waals surface area contributed by atoms with Gasteiger partial charge < -0.3 is 24.8 Å². The van der Waals surface area contributed by atoms with E-state index < -0.39 is 18.2 Å². The number of carboxylic acid groups (broad SMARTS) is 1. The van der Waals surface area contributed by atoms with Crippen LogP contribution in [0.15, 0.2) is 18.2 Å². The number of benzene rings is 1. The zero-order valence-corrected chi connectivity index (χ0v) is 9.45. The molecule has 0 aliphatic carbocycles.